The van der Waals surface area contributed by atoms with Crippen molar-refractivity contribution < 1.29 is 14.3 Å². The fourth-order valence-electron chi connectivity index (χ4n) is 3.50. The minimum atomic E-state index is -2.36. The van der Waals surface area contributed by atoms with Gasteiger partial charge in [0.15, 0.2) is 0 Å². The summed E-state index contributed by atoms with van der Waals surface area (Å²) in [5.74, 6) is -0.419. The van der Waals surface area contributed by atoms with Gasteiger partial charge in [0, 0.05) is 18.7 Å². The molecule has 0 saturated heterocycles. The maximum absolute atomic E-state index is 16.6. The Hall–Kier alpha value is -3.51. The molecule has 4 rings (SSSR count). The number of nitrogens with zero attached hydrogens (tertiary/aromatic N) is 2. The molecule has 0 fully saturated rings. The van der Waals surface area contributed by atoms with Gasteiger partial charge in [-0.05, 0) is 29.3 Å². The summed E-state index contributed by atoms with van der Waals surface area (Å²) < 4.78 is 18.1. The zero-order chi connectivity index (χ0) is 20.4. The van der Waals surface area contributed by atoms with Crippen LogP contribution >= 0.6 is 0 Å². The van der Waals surface area contributed by atoms with Crippen LogP contribution in [0.15, 0.2) is 90.9 Å². The molecular formula is C23H20FN3O2. The molecule has 0 spiro atoms. The topological polar surface area (TPSA) is 67.2 Å². The van der Waals surface area contributed by atoms with Crippen molar-refractivity contribution in [2.75, 3.05) is 0 Å². The smallest absolute Gasteiger partial charge is 0.221 e. The van der Waals surface area contributed by atoms with Crippen LogP contribution in [0, 0.1) is 0 Å². The Morgan fingerprint density at radius 2 is 1.76 bits per heavy atom. The number of rotatable bonds is 4. The molecular weight excluding hydrogens is 369 g/mol. The highest BCUT2D eigenvalue weighted by molar-refractivity contribution is 5.79. The normalized spacial score (nSPS) is 21.3. The predicted molar refractivity (Wildman–Crippen MR) is 109 cm³/mol. The summed E-state index contributed by atoms with van der Waals surface area (Å²) in [4.78, 5) is 11.7. The lowest BCUT2D eigenvalue weighted by Crippen LogP contribution is -2.45. The lowest BCUT2D eigenvalue weighted by molar-refractivity contribution is -0.119. The SMILES string of the molecule is CC(=O)NC1=CC=C(c2ccccc2)C(O)C1(F)c1cnn(-c2ccccc2)c1. The van der Waals surface area contributed by atoms with Gasteiger partial charge in [-0.25, -0.2) is 9.07 Å². The van der Waals surface area contributed by atoms with Crippen molar-refractivity contribution in [2.24, 2.45) is 0 Å². The summed E-state index contributed by atoms with van der Waals surface area (Å²) in [7, 11) is 0. The molecule has 1 aromatic heterocycles. The van der Waals surface area contributed by atoms with Gasteiger partial charge in [0.25, 0.3) is 0 Å². The van der Waals surface area contributed by atoms with E-state index >= 15 is 4.39 Å². The second kappa shape index (κ2) is 7.48. The number of hydrogen-bond donors (Lipinski definition) is 2. The number of allylic oxidation sites excluding steroid dienone is 2. The van der Waals surface area contributed by atoms with Crippen LogP contribution in [-0.2, 0) is 10.5 Å². The molecule has 0 radical (unpaired) electrons. The maximum atomic E-state index is 16.6. The van der Waals surface area contributed by atoms with Crippen LogP contribution in [0.5, 0.6) is 0 Å². The third kappa shape index (κ3) is 3.39. The van der Waals surface area contributed by atoms with E-state index in [9.17, 15) is 9.90 Å². The van der Waals surface area contributed by atoms with Crippen molar-refractivity contribution in [3.8, 4) is 5.69 Å². The third-order valence-corrected chi connectivity index (χ3v) is 4.93. The number of nitrogens with one attached hydrogen (secondary N) is 1. The van der Waals surface area contributed by atoms with Crippen molar-refractivity contribution >= 4 is 11.5 Å². The molecule has 2 N–H and O–H groups in total. The van der Waals surface area contributed by atoms with E-state index in [4.69, 9.17) is 0 Å². The van der Waals surface area contributed by atoms with Gasteiger partial charge in [0.1, 0.15) is 6.10 Å². The first-order chi connectivity index (χ1) is 14.0. The largest absolute Gasteiger partial charge is 0.384 e. The Morgan fingerprint density at radius 1 is 1.10 bits per heavy atom. The minimum Gasteiger partial charge on any atom is -0.384 e. The van der Waals surface area contributed by atoms with E-state index in [0.29, 0.717) is 11.1 Å². The number of aliphatic hydroxyl groups excluding tert-OH is 1. The molecule has 29 heavy (non-hydrogen) atoms. The van der Waals surface area contributed by atoms with Gasteiger partial charge in [-0.3, -0.25) is 4.79 Å². The summed E-state index contributed by atoms with van der Waals surface area (Å²) in [6, 6.07) is 18.4. The number of alkyl halides is 1. The summed E-state index contributed by atoms with van der Waals surface area (Å²) >= 11 is 0. The first kappa shape index (κ1) is 18.8. The van der Waals surface area contributed by atoms with Crippen LogP contribution in [0.1, 0.15) is 18.1 Å². The van der Waals surface area contributed by atoms with Gasteiger partial charge in [-0.1, -0.05) is 54.6 Å². The summed E-state index contributed by atoms with van der Waals surface area (Å²) in [6.45, 7) is 1.30. The van der Waals surface area contributed by atoms with Crippen LogP contribution in [0.4, 0.5) is 4.39 Å². The minimum absolute atomic E-state index is 0.0233. The Morgan fingerprint density at radius 3 is 2.41 bits per heavy atom. The Labute approximate surface area is 167 Å². The van der Waals surface area contributed by atoms with Gasteiger partial charge < -0.3 is 10.4 Å². The molecule has 1 aliphatic carbocycles. The van der Waals surface area contributed by atoms with Gasteiger partial charge in [0.05, 0.1) is 17.6 Å². The number of carbonyl (C=O) groups excluding carboxylic acids is 1. The van der Waals surface area contributed by atoms with Crippen LogP contribution in [0.25, 0.3) is 11.3 Å². The summed E-state index contributed by atoms with van der Waals surface area (Å²) in [5, 5.41) is 17.9. The molecule has 1 aliphatic rings. The van der Waals surface area contributed by atoms with Crippen LogP contribution in [0.2, 0.25) is 0 Å². The number of aliphatic hydroxyl groups is 1. The van der Waals surface area contributed by atoms with Gasteiger partial charge >= 0.3 is 0 Å². The molecule has 146 valence electrons. The molecule has 2 aromatic carbocycles. The fourth-order valence-corrected chi connectivity index (χ4v) is 3.50. The predicted octanol–water partition coefficient (Wildman–Crippen LogP) is 3.52. The summed E-state index contributed by atoms with van der Waals surface area (Å²) in [6.07, 6.45) is 4.51. The monoisotopic (exact) mass is 389 g/mol. The third-order valence-electron chi connectivity index (χ3n) is 4.93. The number of carbonyl (C=O) groups is 1. The number of amides is 1. The number of aromatic nitrogens is 2. The number of para-hydroxylation sites is 1. The molecule has 3 aromatic rings. The number of benzene rings is 2. The van der Waals surface area contributed by atoms with Gasteiger partial charge in [0.2, 0.25) is 11.6 Å². The Balaban J connectivity index is 1.80. The molecule has 0 saturated carbocycles. The van der Waals surface area contributed by atoms with Gasteiger partial charge in [-0.2, -0.15) is 5.10 Å². The van der Waals surface area contributed by atoms with Crippen molar-refractivity contribution in [1.82, 2.24) is 15.1 Å². The van der Waals surface area contributed by atoms with Crippen molar-refractivity contribution in [2.45, 2.75) is 18.7 Å². The number of halogens is 1. The van der Waals surface area contributed by atoms with E-state index in [2.05, 4.69) is 10.4 Å². The van der Waals surface area contributed by atoms with Crippen LogP contribution in [0.3, 0.4) is 0 Å². The molecule has 6 heteroatoms. The standard InChI is InChI=1S/C23H20FN3O2/c1-16(28)26-21-13-12-20(17-8-4-2-5-9-17)22(29)23(21,24)18-14-25-27(15-18)19-10-6-3-7-11-19/h2-15,22,29H,1H3,(H,26,28). The average Bonchev–Trinajstić information content (AvgIpc) is 3.23. The summed E-state index contributed by atoms with van der Waals surface area (Å²) in [5.41, 5.74) is -0.347. The second-order valence-electron chi connectivity index (χ2n) is 6.87. The molecule has 0 bridgehead atoms. The first-order valence-corrected chi connectivity index (χ1v) is 9.23. The highest BCUT2D eigenvalue weighted by atomic mass is 19.1. The lowest BCUT2D eigenvalue weighted by atomic mass is 9.79. The lowest BCUT2D eigenvalue weighted by Gasteiger charge is -2.36. The average molecular weight is 389 g/mol. The van der Waals surface area contributed by atoms with E-state index < -0.39 is 17.7 Å². The van der Waals surface area contributed by atoms with Crippen LogP contribution in [-0.4, -0.2) is 26.9 Å². The van der Waals surface area contributed by atoms with Crippen molar-refractivity contribution in [3.05, 3.63) is 102 Å². The second-order valence-corrected chi connectivity index (χ2v) is 6.87. The maximum Gasteiger partial charge on any atom is 0.221 e. The molecule has 1 heterocycles. The Bertz CT molecular complexity index is 1090. The van der Waals surface area contributed by atoms with Crippen molar-refractivity contribution in [1.29, 1.82) is 0 Å². The molecule has 5 nitrogen and oxygen atoms in total. The first-order valence-electron chi connectivity index (χ1n) is 9.23. The highest BCUT2D eigenvalue weighted by Crippen LogP contribution is 2.44. The van der Waals surface area contributed by atoms with Crippen molar-refractivity contribution in [3.63, 3.8) is 0 Å². The fraction of sp³-hybridized carbons (Fsp3) is 0.130. The molecule has 1 amide bonds. The van der Waals surface area contributed by atoms with E-state index in [1.165, 1.54) is 30.1 Å². The quantitative estimate of drug-likeness (QED) is 0.718. The van der Waals surface area contributed by atoms with E-state index in [1.54, 1.807) is 18.2 Å². The molecule has 0 aliphatic heterocycles. The van der Waals surface area contributed by atoms with E-state index in [0.717, 1.165) is 5.69 Å². The Kier molecular flexibility index (Phi) is 4.86. The number of hydrogen-bond acceptors (Lipinski definition) is 3. The molecule has 2 atom stereocenters. The highest BCUT2D eigenvalue weighted by Gasteiger charge is 2.49. The zero-order valence-corrected chi connectivity index (χ0v) is 15.8. The van der Waals surface area contributed by atoms with E-state index in [-0.39, 0.29) is 11.3 Å². The van der Waals surface area contributed by atoms with Crippen LogP contribution < -0.4 is 5.32 Å². The molecule has 2 unspecified atom stereocenters. The zero-order valence-electron chi connectivity index (χ0n) is 15.8. The van der Waals surface area contributed by atoms with Gasteiger partial charge in [-0.15, -0.1) is 0 Å². The van der Waals surface area contributed by atoms with E-state index in [1.807, 2.05) is 48.5 Å².